The highest BCUT2D eigenvalue weighted by molar-refractivity contribution is 5.56. The van der Waals surface area contributed by atoms with Crippen LogP contribution in [-0.2, 0) is 4.74 Å². The number of benzene rings is 1. The van der Waals surface area contributed by atoms with Crippen molar-refractivity contribution < 1.29 is 4.74 Å². The third-order valence-corrected chi connectivity index (χ3v) is 3.52. The molecule has 4 heteroatoms. The minimum Gasteiger partial charge on any atom is -0.466 e. The van der Waals surface area contributed by atoms with E-state index in [1.54, 1.807) is 12.2 Å². The van der Waals surface area contributed by atoms with Crippen molar-refractivity contribution in [3.05, 3.63) is 70.7 Å². The van der Waals surface area contributed by atoms with Crippen LogP contribution in [0.1, 0.15) is 18.9 Å². The SMILES string of the molecule is CC1=CC(=C(C#N)C#N)C=C(C/C=C/c2ccc(N(C)C)cc2)O1. The van der Waals surface area contributed by atoms with Gasteiger partial charge in [-0.2, -0.15) is 10.5 Å². The Kier molecular flexibility index (Phi) is 5.60. The normalized spacial score (nSPS) is 13.5. The molecule has 0 radical (unpaired) electrons. The molecule has 1 aliphatic rings. The third-order valence-electron chi connectivity index (χ3n) is 3.52. The molecule has 4 nitrogen and oxygen atoms in total. The van der Waals surface area contributed by atoms with Crippen molar-refractivity contribution in [2.75, 3.05) is 19.0 Å². The van der Waals surface area contributed by atoms with E-state index in [0.717, 1.165) is 11.3 Å². The Morgan fingerprint density at radius 3 is 2.38 bits per heavy atom. The fraction of sp³-hybridized carbons (Fsp3) is 0.200. The van der Waals surface area contributed by atoms with Crippen molar-refractivity contribution in [2.45, 2.75) is 13.3 Å². The maximum absolute atomic E-state index is 8.99. The fourth-order valence-electron chi connectivity index (χ4n) is 2.29. The maximum atomic E-state index is 8.99. The number of hydrogen-bond donors (Lipinski definition) is 0. The summed E-state index contributed by atoms with van der Waals surface area (Å²) in [5.41, 5.74) is 2.96. The van der Waals surface area contributed by atoms with Crippen molar-refractivity contribution in [1.29, 1.82) is 10.5 Å². The summed E-state index contributed by atoms with van der Waals surface area (Å²) in [5, 5.41) is 18.0. The second-order valence-electron chi connectivity index (χ2n) is 5.61. The smallest absolute Gasteiger partial charge is 0.137 e. The lowest BCUT2D eigenvalue weighted by Crippen LogP contribution is -2.07. The molecule has 0 bridgehead atoms. The molecule has 2 rings (SSSR count). The topological polar surface area (TPSA) is 60.0 Å². The Bertz CT molecular complexity index is 794. The summed E-state index contributed by atoms with van der Waals surface area (Å²) in [6.07, 6.45) is 8.07. The van der Waals surface area contributed by atoms with Crippen LogP contribution >= 0.6 is 0 Å². The molecule has 0 atom stereocenters. The summed E-state index contributed by atoms with van der Waals surface area (Å²) in [7, 11) is 4.02. The van der Waals surface area contributed by atoms with Gasteiger partial charge in [0.15, 0.2) is 0 Å². The van der Waals surface area contributed by atoms with Crippen LogP contribution in [-0.4, -0.2) is 14.1 Å². The Morgan fingerprint density at radius 2 is 1.79 bits per heavy atom. The van der Waals surface area contributed by atoms with Crippen molar-refractivity contribution in [3.8, 4) is 12.1 Å². The number of nitriles is 2. The van der Waals surface area contributed by atoms with Gasteiger partial charge in [0, 0.05) is 31.8 Å². The predicted molar refractivity (Wildman–Crippen MR) is 95.6 cm³/mol. The van der Waals surface area contributed by atoms with Crippen molar-refractivity contribution in [1.82, 2.24) is 0 Å². The molecular formula is C20H19N3O. The lowest BCUT2D eigenvalue weighted by Gasteiger charge is -2.14. The molecule has 0 aliphatic carbocycles. The van der Waals surface area contributed by atoms with Crippen LogP contribution in [0.3, 0.4) is 0 Å². The first kappa shape index (κ1) is 17.1. The van der Waals surface area contributed by atoms with Crippen LogP contribution in [0, 0.1) is 22.7 Å². The largest absolute Gasteiger partial charge is 0.466 e. The molecule has 120 valence electrons. The lowest BCUT2D eigenvalue weighted by molar-refractivity contribution is 0.295. The van der Waals surface area contributed by atoms with Gasteiger partial charge in [-0.3, -0.25) is 0 Å². The first-order chi connectivity index (χ1) is 11.5. The van der Waals surface area contributed by atoms with Gasteiger partial charge in [0.1, 0.15) is 29.2 Å². The van der Waals surface area contributed by atoms with Crippen LogP contribution in [0.25, 0.3) is 6.08 Å². The first-order valence-corrected chi connectivity index (χ1v) is 7.58. The van der Waals surface area contributed by atoms with Gasteiger partial charge < -0.3 is 9.64 Å². The van der Waals surface area contributed by atoms with E-state index in [2.05, 4.69) is 29.2 Å². The number of ether oxygens (including phenoxy) is 1. The average Bonchev–Trinajstić information content (AvgIpc) is 2.56. The quantitative estimate of drug-likeness (QED) is 0.776. The van der Waals surface area contributed by atoms with E-state index in [4.69, 9.17) is 15.3 Å². The first-order valence-electron chi connectivity index (χ1n) is 7.58. The standard InChI is InChI=1S/C20H19N3O/c1-15-11-17(18(13-21)14-22)12-20(24-15)6-4-5-16-7-9-19(10-8-16)23(2)3/h4-5,7-12H,6H2,1-3H3/b5-4+. The van der Waals surface area contributed by atoms with Crippen molar-refractivity contribution in [3.63, 3.8) is 0 Å². The molecule has 0 aromatic heterocycles. The van der Waals surface area contributed by atoms with Gasteiger partial charge in [-0.25, -0.2) is 0 Å². The molecule has 1 aromatic rings. The van der Waals surface area contributed by atoms with Gasteiger partial charge >= 0.3 is 0 Å². The molecule has 0 fully saturated rings. The summed E-state index contributed by atoms with van der Waals surface area (Å²) >= 11 is 0. The summed E-state index contributed by atoms with van der Waals surface area (Å²) in [6.45, 7) is 1.81. The fourth-order valence-corrected chi connectivity index (χ4v) is 2.29. The van der Waals surface area contributed by atoms with Crippen LogP contribution in [0.4, 0.5) is 5.69 Å². The van der Waals surface area contributed by atoms with E-state index in [0.29, 0.717) is 23.5 Å². The molecule has 0 saturated carbocycles. The molecule has 0 N–H and O–H groups in total. The molecule has 0 spiro atoms. The van der Waals surface area contributed by atoms with Crippen LogP contribution in [0.5, 0.6) is 0 Å². The van der Waals surface area contributed by atoms with Gasteiger partial charge in [0.25, 0.3) is 0 Å². The van der Waals surface area contributed by atoms with Gasteiger partial charge in [-0.1, -0.05) is 24.3 Å². The summed E-state index contributed by atoms with van der Waals surface area (Å²) in [6, 6.07) is 12.1. The van der Waals surface area contributed by atoms with Crippen LogP contribution < -0.4 is 4.90 Å². The Morgan fingerprint density at radius 1 is 1.12 bits per heavy atom. The lowest BCUT2D eigenvalue weighted by atomic mass is 10.1. The number of rotatable bonds is 4. The predicted octanol–water partition coefficient (Wildman–Crippen LogP) is 4.32. The van der Waals surface area contributed by atoms with Gasteiger partial charge in [-0.15, -0.1) is 0 Å². The zero-order valence-corrected chi connectivity index (χ0v) is 14.1. The second-order valence-corrected chi connectivity index (χ2v) is 5.61. The highest BCUT2D eigenvalue weighted by atomic mass is 16.5. The maximum Gasteiger partial charge on any atom is 0.137 e. The highest BCUT2D eigenvalue weighted by Crippen LogP contribution is 2.24. The monoisotopic (exact) mass is 317 g/mol. The molecule has 1 aliphatic heterocycles. The minimum atomic E-state index is 0.0957. The van der Waals surface area contributed by atoms with Crippen LogP contribution in [0.15, 0.2) is 65.2 Å². The van der Waals surface area contributed by atoms with E-state index >= 15 is 0 Å². The molecular weight excluding hydrogens is 298 g/mol. The summed E-state index contributed by atoms with van der Waals surface area (Å²) in [4.78, 5) is 2.05. The number of hydrogen-bond acceptors (Lipinski definition) is 4. The second kappa shape index (κ2) is 7.85. The zero-order chi connectivity index (χ0) is 17.5. The van der Waals surface area contributed by atoms with E-state index in [1.807, 2.05) is 45.3 Å². The molecule has 0 amide bonds. The van der Waals surface area contributed by atoms with Crippen molar-refractivity contribution in [2.24, 2.45) is 0 Å². The zero-order valence-electron chi connectivity index (χ0n) is 14.1. The third kappa shape index (κ3) is 4.38. The van der Waals surface area contributed by atoms with Gasteiger partial charge in [-0.05, 0) is 36.8 Å². The number of anilines is 1. The summed E-state index contributed by atoms with van der Waals surface area (Å²) in [5.74, 6) is 1.39. The molecule has 24 heavy (non-hydrogen) atoms. The molecule has 0 unspecified atom stereocenters. The number of allylic oxidation sites excluding steroid dienone is 6. The van der Waals surface area contributed by atoms with E-state index in [1.165, 1.54) is 0 Å². The minimum absolute atomic E-state index is 0.0957. The summed E-state index contributed by atoms with van der Waals surface area (Å²) < 4.78 is 5.66. The molecule has 1 heterocycles. The van der Waals surface area contributed by atoms with Gasteiger partial charge in [0.05, 0.1) is 0 Å². The van der Waals surface area contributed by atoms with E-state index < -0.39 is 0 Å². The Hall–Kier alpha value is -3.24. The van der Waals surface area contributed by atoms with E-state index in [-0.39, 0.29) is 5.57 Å². The highest BCUT2D eigenvalue weighted by Gasteiger charge is 2.11. The molecule has 1 aromatic carbocycles. The van der Waals surface area contributed by atoms with Crippen molar-refractivity contribution >= 4 is 11.8 Å². The van der Waals surface area contributed by atoms with E-state index in [9.17, 15) is 0 Å². The number of nitrogens with zero attached hydrogens (tertiary/aromatic N) is 3. The Balaban J connectivity index is 2.10. The Labute approximate surface area is 142 Å². The molecule has 0 saturated heterocycles. The van der Waals surface area contributed by atoms with Gasteiger partial charge in [0.2, 0.25) is 0 Å². The van der Waals surface area contributed by atoms with Crippen LogP contribution in [0.2, 0.25) is 0 Å². The average molecular weight is 317 g/mol.